The summed E-state index contributed by atoms with van der Waals surface area (Å²) in [5.74, 6) is 0. The van der Waals surface area contributed by atoms with Crippen LogP contribution in [0, 0.1) is 0 Å². The minimum atomic E-state index is -3.27. The van der Waals surface area contributed by atoms with Crippen molar-refractivity contribution in [2.75, 3.05) is 0 Å². The molecule has 0 amide bonds. The van der Waals surface area contributed by atoms with Gasteiger partial charge in [-0.05, 0) is 89.0 Å². The molecule has 0 saturated carbocycles. The molecule has 5 aromatic rings. The van der Waals surface area contributed by atoms with Crippen molar-refractivity contribution in [2.45, 2.75) is 32.7 Å². The first-order valence-electron chi connectivity index (χ1n) is 18.6. The first kappa shape index (κ1) is 40.4. The Kier molecular flexibility index (Phi) is 13.3. The van der Waals surface area contributed by atoms with Crippen LogP contribution in [0.4, 0.5) is 0 Å². The summed E-state index contributed by atoms with van der Waals surface area (Å²) in [4.78, 5) is 0. The zero-order valence-electron chi connectivity index (χ0n) is 32.2. The third kappa shape index (κ3) is 12.3. The van der Waals surface area contributed by atoms with Gasteiger partial charge >= 0.3 is 42.8 Å². The van der Waals surface area contributed by atoms with Crippen LogP contribution in [0.1, 0.15) is 27.8 Å². The van der Waals surface area contributed by atoms with E-state index in [-0.39, 0.29) is 0 Å². The Morgan fingerprint density at radius 3 is 0.545 bits per heavy atom. The third-order valence-electron chi connectivity index (χ3n) is 8.92. The maximum absolute atomic E-state index is 7.44. The Balaban J connectivity index is 1.54. The van der Waals surface area contributed by atoms with Gasteiger partial charge in [0.2, 0.25) is 0 Å². The molecule has 6 rings (SSSR count). The fourth-order valence-corrected chi connectivity index (χ4v) is 30.5. The Labute approximate surface area is 332 Å². The topological polar surface area (TPSA) is 46.2 Å². The van der Waals surface area contributed by atoms with E-state index in [1.54, 1.807) is 0 Å². The monoisotopic (exact) mass is 810 g/mol. The average Bonchev–Trinajstić information content (AvgIpc) is 3.19. The zero-order chi connectivity index (χ0) is 38.7. The molecular formula is C45H50O5Si5. The molecule has 1 aliphatic rings. The molecule has 0 bridgehead atoms. The SMILES string of the molecule is C[Si]1(C=Cc2ccccc2)O[Si](C)(C=Cc2ccccc2)O[Si](C)(C=Cc2ccccc2)O[Si](C)(C=Cc2ccccc2)O[Si](C)(C=Cc2ccccc2)O1. The summed E-state index contributed by atoms with van der Waals surface area (Å²) in [7, 11) is -16.4. The minimum absolute atomic E-state index is 1.06. The number of benzene rings is 5. The van der Waals surface area contributed by atoms with Crippen LogP contribution in [0.5, 0.6) is 0 Å². The van der Waals surface area contributed by atoms with E-state index in [0.29, 0.717) is 0 Å². The van der Waals surface area contributed by atoms with Gasteiger partial charge in [0.25, 0.3) is 0 Å². The lowest BCUT2D eigenvalue weighted by molar-refractivity contribution is 0.251. The summed E-state index contributed by atoms with van der Waals surface area (Å²) in [5, 5.41) is 0. The maximum atomic E-state index is 7.44. The van der Waals surface area contributed by atoms with E-state index < -0.39 is 42.8 Å². The molecule has 0 aromatic heterocycles. The van der Waals surface area contributed by atoms with Crippen LogP contribution in [-0.2, 0) is 20.6 Å². The van der Waals surface area contributed by atoms with Gasteiger partial charge in [0.15, 0.2) is 0 Å². The van der Waals surface area contributed by atoms with Gasteiger partial charge in [-0.25, -0.2) is 0 Å². The van der Waals surface area contributed by atoms with E-state index in [0.717, 1.165) is 27.8 Å². The fraction of sp³-hybridized carbons (Fsp3) is 0.111. The van der Waals surface area contributed by atoms with Gasteiger partial charge in [-0.15, -0.1) is 0 Å². The van der Waals surface area contributed by atoms with Crippen LogP contribution in [0.15, 0.2) is 180 Å². The Bertz CT molecular complexity index is 1740. The van der Waals surface area contributed by atoms with Crippen LogP contribution >= 0.6 is 0 Å². The highest BCUT2D eigenvalue weighted by Gasteiger charge is 2.55. The maximum Gasteiger partial charge on any atom is 0.344 e. The van der Waals surface area contributed by atoms with Gasteiger partial charge in [0.05, 0.1) is 0 Å². The molecule has 1 saturated heterocycles. The average molecular weight is 811 g/mol. The van der Waals surface area contributed by atoms with Crippen LogP contribution in [0.2, 0.25) is 32.7 Å². The Morgan fingerprint density at radius 2 is 0.400 bits per heavy atom. The number of hydrogen-bond acceptors (Lipinski definition) is 5. The summed E-state index contributed by atoms with van der Waals surface area (Å²) in [6.45, 7) is 10.6. The smallest absolute Gasteiger partial charge is 0.344 e. The molecule has 0 N–H and O–H groups in total. The van der Waals surface area contributed by atoms with Crippen LogP contribution < -0.4 is 0 Å². The molecule has 55 heavy (non-hydrogen) atoms. The van der Waals surface area contributed by atoms with Crippen molar-refractivity contribution >= 4 is 73.2 Å². The molecule has 5 aromatic carbocycles. The number of rotatable bonds is 10. The van der Waals surface area contributed by atoms with Crippen LogP contribution in [0.3, 0.4) is 0 Å². The highest BCUT2D eigenvalue weighted by Crippen LogP contribution is 2.35. The minimum Gasteiger partial charge on any atom is -0.410 e. The van der Waals surface area contributed by atoms with Crippen molar-refractivity contribution in [3.05, 3.63) is 208 Å². The zero-order valence-corrected chi connectivity index (χ0v) is 37.2. The van der Waals surface area contributed by atoms with Crippen molar-refractivity contribution in [3.63, 3.8) is 0 Å². The van der Waals surface area contributed by atoms with E-state index >= 15 is 0 Å². The molecule has 1 fully saturated rings. The van der Waals surface area contributed by atoms with Crippen molar-refractivity contribution in [1.82, 2.24) is 0 Å². The molecule has 1 aliphatic heterocycles. The predicted molar refractivity (Wildman–Crippen MR) is 241 cm³/mol. The van der Waals surface area contributed by atoms with Crippen molar-refractivity contribution in [1.29, 1.82) is 0 Å². The molecule has 1 heterocycles. The Morgan fingerprint density at radius 1 is 0.255 bits per heavy atom. The highest BCUT2D eigenvalue weighted by molar-refractivity contribution is 6.99. The molecule has 0 unspecified atom stereocenters. The second kappa shape index (κ2) is 18.1. The highest BCUT2D eigenvalue weighted by atomic mass is 28.5. The van der Waals surface area contributed by atoms with E-state index in [2.05, 4.69) is 152 Å². The van der Waals surface area contributed by atoms with Crippen LogP contribution in [-0.4, -0.2) is 42.8 Å². The Hall–Kier alpha value is -4.32. The summed E-state index contributed by atoms with van der Waals surface area (Å²) in [6, 6.07) is 51.4. The van der Waals surface area contributed by atoms with Gasteiger partial charge in [0, 0.05) is 0 Å². The van der Waals surface area contributed by atoms with E-state index in [1.165, 1.54) is 0 Å². The largest absolute Gasteiger partial charge is 0.410 e. The van der Waals surface area contributed by atoms with E-state index in [4.69, 9.17) is 20.6 Å². The lowest BCUT2D eigenvalue weighted by Crippen LogP contribution is -2.66. The normalized spacial score (nSPS) is 28.1. The third-order valence-corrected chi connectivity index (χ3v) is 29.0. The molecule has 0 radical (unpaired) electrons. The van der Waals surface area contributed by atoms with Gasteiger partial charge in [-0.2, -0.15) is 0 Å². The summed E-state index contributed by atoms with van der Waals surface area (Å²) in [6.07, 6.45) is 10.5. The molecule has 0 spiro atoms. The molecule has 10 heteroatoms. The summed E-state index contributed by atoms with van der Waals surface area (Å²) in [5.41, 5.74) is 16.0. The molecule has 0 atom stereocenters. The first-order chi connectivity index (χ1) is 26.4. The second-order valence-corrected chi connectivity index (χ2v) is 30.2. The van der Waals surface area contributed by atoms with Crippen molar-refractivity contribution < 1.29 is 20.6 Å². The van der Waals surface area contributed by atoms with E-state index in [1.807, 2.05) is 91.0 Å². The fourth-order valence-electron chi connectivity index (χ4n) is 6.52. The lowest BCUT2D eigenvalue weighted by atomic mass is 10.2. The van der Waals surface area contributed by atoms with E-state index in [9.17, 15) is 0 Å². The standard InChI is InChI=1S/C45H50O5Si5/c1-51(36-31-41-21-11-6-12-22-41)46-52(2,37-32-42-23-13-7-14-24-42)48-54(4,39-34-44-27-17-9-18-28-44)50-55(5,40-35-45-29-19-10-20-30-45)49-53(3,47-51)38-33-43-25-15-8-16-26-43/h6-40H,1-5H3. The summed E-state index contributed by atoms with van der Waals surface area (Å²) >= 11 is 0. The second-order valence-electron chi connectivity index (χ2n) is 14.3. The van der Waals surface area contributed by atoms with Gasteiger partial charge in [-0.3, -0.25) is 0 Å². The summed E-state index contributed by atoms with van der Waals surface area (Å²) < 4.78 is 37.2. The molecule has 5 nitrogen and oxygen atoms in total. The van der Waals surface area contributed by atoms with Gasteiger partial charge in [-0.1, -0.05) is 182 Å². The van der Waals surface area contributed by atoms with Crippen LogP contribution in [0.25, 0.3) is 30.4 Å². The van der Waals surface area contributed by atoms with Gasteiger partial charge in [0.1, 0.15) is 0 Å². The lowest BCUT2D eigenvalue weighted by Gasteiger charge is -2.47. The molecule has 280 valence electrons. The molecular weight excluding hydrogens is 761 g/mol. The van der Waals surface area contributed by atoms with Crippen molar-refractivity contribution in [3.8, 4) is 0 Å². The number of hydrogen-bond donors (Lipinski definition) is 0. The molecule has 0 aliphatic carbocycles. The predicted octanol–water partition coefficient (Wildman–Crippen LogP) is 11.7. The first-order valence-corrected chi connectivity index (χ1v) is 30.6. The van der Waals surface area contributed by atoms with Gasteiger partial charge < -0.3 is 20.6 Å². The quantitative estimate of drug-likeness (QED) is 0.132. The van der Waals surface area contributed by atoms with Crippen molar-refractivity contribution in [2.24, 2.45) is 0 Å².